The van der Waals surface area contributed by atoms with Crippen LogP contribution in [0, 0.1) is 0 Å². The summed E-state index contributed by atoms with van der Waals surface area (Å²) in [6.07, 6.45) is 2.24. The molecule has 0 aromatic carbocycles. The van der Waals surface area contributed by atoms with Crippen LogP contribution in [-0.2, 0) is 9.47 Å². The lowest BCUT2D eigenvalue weighted by Crippen LogP contribution is -2.48. The fraction of sp³-hybridized carbons (Fsp3) is 0.500. The molecule has 3 aliphatic heterocycles. The lowest BCUT2D eigenvalue weighted by Gasteiger charge is -2.35. The Balaban J connectivity index is 1.27. The summed E-state index contributed by atoms with van der Waals surface area (Å²) in [6.45, 7) is 8.47. The fourth-order valence-electron chi connectivity index (χ4n) is 4.59. The fourth-order valence-corrected chi connectivity index (χ4v) is 4.59. The molecule has 0 aliphatic carbocycles. The van der Waals surface area contributed by atoms with Crippen molar-refractivity contribution in [3.63, 3.8) is 0 Å². The van der Waals surface area contributed by atoms with E-state index in [4.69, 9.17) is 14.2 Å². The maximum atomic E-state index is 13.3. The molecule has 2 atom stereocenters. The van der Waals surface area contributed by atoms with Gasteiger partial charge in [-0.3, -0.25) is 15.0 Å². The van der Waals surface area contributed by atoms with E-state index >= 15 is 0 Å². The van der Waals surface area contributed by atoms with Gasteiger partial charge >= 0.3 is 6.03 Å². The summed E-state index contributed by atoms with van der Waals surface area (Å²) >= 11 is 0. The van der Waals surface area contributed by atoms with Crippen molar-refractivity contribution >= 4 is 29.3 Å². The average molecular weight is 483 g/mol. The first-order valence-electron chi connectivity index (χ1n) is 11.9. The molecular formula is C24H30N6O5. The van der Waals surface area contributed by atoms with Gasteiger partial charge < -0.3 is 24.4 Å². The highest BCUT2D eigenvalue weighted by Crippen LogP contribution is 2.39. The predicted molar refractivity (Wildman–Crippen MR) is 129 cm³/mol. The minimum atomic E-state index is -0.598. The highest BCUT2D eigenvalue weighted by molar-refractivity contribution is 6.05. The number of rotatable bonds is 6. The molecule has 11 nitrogen and oxygen atoms in total. The van der Waals surface area contributed by atoms with Gasteiger partial charge in [-0.05, 0) is 51.5 Å². The zero-order valence-corrected chi connectivity index (χ0v) is 20.1. The number of carbonyl (C=O) groups excluding carboxylic acids is 2. The van der Waals surface area contributed by atoms with E-state index < -0.39 is 5.79 Å². The SMILES string of the molecule is CCNC(=O)c1ccc2c(n1)N(C(=O)Nc1ccc(OC[C@@H]3COC(C)(C)O3)cn1)[C@H]1CCN2C1. The van der Waals surface area contributed by atoms with E-state index in [0.29, 0.717) is 37.1 Å². The van der Waals surface area contributed by atoms with Gasteiger partial charge in [0.1, 0.15) is 30.0 Å². The van der Waals surface area contributed by atoms with Gasteiger partial charge in [0.05, 0.1) is 24.5 Å². The van der Waals surface area contributed by atoms with Gasteiger partial charge in [-0.25, -0.2) is 14.8 Å². The Labute approximate surface area is 203 Å². The van der Waals surface area contributed by atoms with E-state index in [-0.39, 0.29) is 29.8 Å². The molecule has 2 aromatic rings. The number of fused-ring (bicyclic) bond motifs is 4. The third-order valence-corrected chi connectivity index (χ3v) is 6.22. The number of amides is 3. The second-order valence-corrected chi connectivity index (χ2v) is 9.23. The van der Waals surface area contributed by atoms with Gasteiger partial charge in [-0.1, -0.05) is 0 Å². The molecule has 11 heteroatoms. The average Bonchev–Trinajstić information content (AvgIpc) is 3.41. The van der Waals surface area contributed by atoms with Crippen LogP contribution < -0.4 is 25.2 Å². The number of ether oxygens (including phenoxy) is 3. The Hall–Kier alpha value is -3.44. The van der Waals surface area contributed by atoms with Crippen LogP contribution in [0.15, 0.2) is 30.5 Å². The number of aromatic nitrogens is 2. The molecule has 3 aliphatic rings. The molecule has 2 aromatic heterocycles. The first-order valence-corrected chi connectivity index (χ1v) is 11.9. The minimum absolute atomic E-state index is 0.0278. The number of pyridine rings is 2. The number of nitrogens with zero attached hydrogens (tertiary/aromatic N) is 4. The largest absolute Gasteiger partial charge is 0.489 e. The van der Waals surface area contributed by atoms with Gasteiger partial charge in [0, 0.05) is 19.6 Å². The van der Waals surface area contributed by atoms with E-state index in [1.807, 2.05) is 26.8 Å². The van der Waals surface area contributed by atoms with Gasteiger partial charge in [0.15, 0.2) is 11.6 Å². The standard InChI is InChI=1S/C24H30N6O5/c1-4-25-22(31)18-6-7-19-21(27-18)30(15-9-10-29(19)12-15)23(32)28-20-8-5-16(11-26-20)33-13-17-14-34-24(2,3)35-17/h5-8,11,15,17H,4,9-10,12-14H2,1-3H3,(H,25,31)(H,26,28,32)/t15-,17+/m0/s1. The zero-order valence-electron chi connectivity index (χ0n) is 20.1. The number of hydrogen-bond donors (Lipinski definition) is 2. The Kier molecular flexibility index (Phi) is 6.20. The van der Waals surface area contributed by atoms with Gasteiger partial charge in [0.2, 0.25) is 0 Å². The van der Waals surface area contributed by atoms with Crippen molar-refractivity contribution in [2.75, 3.05) is 48.0 Å². The molecule has 2 N–H and O–H groups in total. The quantitative estimate of drug-likeness (QED) is 0.644. The molecule has 5 rings (SSSR count). The second-order valence-electron chi connectivity index (χ2n) is 9.23. The molecule has 0 spiro atoms. The summed E-state index contributed by atoms with van der Waals surface area (Å²) in [5.74, 6) is 0.588. The first kappa shape index (κ1) is 23.3. The number of anilines is 3. The van der Waals surface area contributed by atoms with E-state index in [2.05, 4.69) is 25.5 Å². The van der Waals surface area contributed by atoms with E-state index in [1.165, 1.54) is 0 Å². The van der Waals surface area contributed by atoms with Crippen molar-refractivity contribution in [3.8, 4) is 5.75 Å². The second kappa shape index (κ2) is 9.31. The number of hydrogen-bond acceptors (Lipinski definition) is 8. The molecule has 35 heavy (non-hydrogen) atoms. The molecule has 3 amide bonds. The van der Waals surface area contributed by atoms with Gasteiger partial charge in [-0.2, -0.15) is 0 Å². The van der Waals surface area contributed by atoms with Crippen molar-refractivity contribution in [3.05, 3.63) is 36.2 Å². The van der Waals surface area contributed by atoms with E-state index in [1.54, 1.807) is 29.3 Å². The van der Waals surface area contributed by atoms with Crippen molar-refractivity contribution in [1.82, 2.24) is 15.3 Å². The molecule has 0 unspecified atom stereocenters. The molecular weight excluding hydrogens is 452 g/mol. The molecule has 2 bridgehead atoms. The lowest BCUT2D eigenvalue weighted by atomic mass is 10.1. The number of urea groups is 1. The van der Waals surface area contributed by atoms with Crippen molar-refractivity contribution in [2.24, 2.45) is 0 Å². The maximum Gasteiger partial charge on any atom is 0.329 e. The predicted octanol–water partition coefficient (Wildman–Crippen LogP) is 2.39. The molecule has 186 valence electrons. The Morgan fingerprint density at radius 2 is 2.11 bits per heavy atom. The lowest BCUT2D eigenvalue weighted by molar-refractivity contribution is -0.141. The van der Waals surface area contributed by atoms with Crippen LogP contribution in [0.5, 0.6) is 5.75 Å². The summed E-state index contributed by atoms with van der Waals surface area (Å²) in [5.41, 5.74) is 1.13. The van der Waals surface area contributed by atoms with E-state index in [0.717, 1.165) is 25.2 Å². The monoisotopic (exact) mass is 482 g/mol. The summed E-state index contributed by atoms with van der Waals surface area (Å²) in [5, 5.41) is 5.62. The molecule has 0 radical (unpaired) electrons. The summed E-state index contributed by atoms with van der Waals surface area (Å²) < 4.78 is 17.0. The van der Waals surface area contributed by atoms with Crippen molar-refractivity contribution in [2.45, 2.75) is 45.1 Å². The molecule has 2 fully saturated rings. The third kappa shape index (κ3) is 4.87. The highest BCUT2D eigenvalue weighted by Gasteiger charge is 2.40. The molecule has 2 saturated heterocycles. The Morgan fingerprint density at radius 3 is 2.83 bits per heavy atom. The smallest absolute Gasteiger partial charge is 0.329 e. The minimum Gasteiger partial charge on any atom is -0.489 e. The molecule has 5 heterocycles. The van der Waals surface area contributed by atoms with Crippen LogP contribution >= 0.6 is 0 Å². The third-order valence-electron chi connectivity index (χ3n) is 6.22. The highest BCUT2D eigenvalue weighted by atomic mass is 16.7. The van der Waals surface area contributed by atoms with Crippen molar-refractivity contribution < 1.29 is 23.8 Å². The van der Waals surface area contributed by atoms with Crippen LogP contribution in [0.4, 0.5) is 22.1 Å². The van der Waals surface area contributed by atoms with Crippen LogP contribution in [0.1, 0.15) is 37.7 Å². The van der Waals surface area contributed by atoms with Gasteiger partial charge in [-0.15, -0.1) is 0 Å². The zero-order chi connectivity index (χ0) is 24.6. The Bertz CT molecular complexity index is 1110. The summed E-state index contributed by atoms with van der Waals surface area (Å²) in [4.78, 5) is 38.4. The van der Waals surface area contributed by atoms with Crippen molar-refractivity contribution in [1.29, 1.82) is 0 Å². The van der Waals surface area contributed by atoms with Crippen LogP contribution in [0.25, 0.3) is 0 Å². The summed E-state index contributed by atoms with van der Waals surface area (Å²) in [7, 11) is 0. The maximum absolute atomic E-state index is 13.3. The van der Waals surface area contributed by atoms with Crippen LogP contribution in [0.3, 0.4) is 0 Å². The summed E-state index contributed by atoms with van der Waals surface area (Å²) in [6, 6.07) is 6.63. The van der Waals surface area contributed by atoms with Crippen LogP contribution in [0.2, 0.25) is 0 Å². The topological polar surface area (TPSA) is 118 Å². The first-order chi connectivity index (χ1) is 16.8. The molecule has 0 saturated carbocycles. The number of carbonyl (C=O) groups is 2. The van der Waals surface area contributed by atoms with Crippen LogP contribution in [-0.4, -0.2) is 72.7 Å². The normalized spacial score (nSPS) is 22.0. The van der Waals surface area contributed by atoms with Gasteiger partial charge in [0.25, 0.3) is 5.91 Å². The number of nitrogens with one attached hydrogen (secondary N) is 2. The van der Waals surface area contributed by atoms with E-state index in [9.17, 15) is 9.59 Å². The Morgan fingerprint density at radius 1 is 1.26 bits per heavy atom.